The average molecular weight is 434 g/mol. The molecule has 0 radical (unpaired) electrons. The maximum Gasteiger partial charge on any atom is 0.291 e. The van der Waals surface area contributed by atoms with Crippen molar-refractivity contribution in [2.45, 2.75) is 46.0 Å². The Labute approximate surface area is 186 Å². The van der Waals surface area contributed by atoms with Crippen LogP contribution >= 0.6 is 11.3 Å². The zero-order valence-electron chi connectivity index (χ0n) is 18.2. The molecule has 0 saturated heterocycles. The fraction of sp³-hybridized carbons (Fsp3) is 0.320. The van der Waals surface area contributed by atoms with Gasteiger partial charge in [-0.05, 0) is 53.8 Å². The second-order valence-electron chi connectivity index (χ2n) is 7.95. The third-order valence-corrected chi connectivity index (χ3v) is 6.17. The number of nitrogens with zero attached hydrogens (tertiary/aromatic N) is 3. The fourth-order valence-electron chi connectivity index (χ4n) is 3.33. The molecule has 0 amide bonds. The highest BCUT2D eigenvalue weighted by Gasteiger charge is 2.12. The van der Waals surface area contributed by atoms with Crippen molar-refractivity contribution in [3.8, 4) is 17.1 Å². The maximum atomic E-state index is 12.8. The van der Waals surface area contributed by atoms with Gasteiger partial charge in [0.05, 0.1) is 11.1 Å². The molecule has 4 aromatic rings. The molecule has 31 heavy (non-hydrogen) atoms. The Kier molecular flexibility index (Phi) is 6.47. The van der Waals surface area contributed by atoms with Crippen LogP contribution in [-0.2, 0) is 0 Å². The number of unbranched alkanes of at least 4 members (excludes halogenated alkanes) is 2. The molecule has 0 aliphatic carbocycles. The number of aromatic nitrogens is 3. The van der Waals surface area contributed by atoms with Crippen molar-refractivity contribution in [3.63, 3.8) is 0 Å². The lowest BCUT2D eigenvalue weighted by Gasteiger charge is -2.05. The summed E-state index contributed by atoms with van der Waals surface area (Å²) in [5.74, 6) is 1.87. The van der Waals surface area contributed by atoms with Crippen molar-refractivity contribution < 1.29 is 4.74 Å². The summed E-state index contributed by atoms with van der Waals surface area (Å²) < 4.78 is 7.78. The molecule has 160 valence electrons. The molecule has 0 aliphatic heterocycles. The summed E-state index contributed by atoms with van der Waals surface area (Å²) in [5.41, 5.74) is 3.01. The van der Waals surface area contributed by atoms with Crippen molar-refractivity contribution >= 4 is 22.4 Å². The molecule has 0 bridgehead atoms. The SMILES string of the molecule is CCCCCOc1ccc(-c2nc3sc(=Cc4ccc(C(C)C)cc4)c(=O)n3n2)cc1. The molecule has 5 nitrogen and oxygen atoms in total. The smallest absolute Gasteiger partial charge is 0.291 e. The van der Waals surface area contributed by atoms with Crippen LogP contribution in [0.5, 0.6) is 5.75 Å². The molecule has 6 heteroatoms. The third-order valence-electron chi connectivity index (χ3n) is 5.21. The number of fused-ring (bicyclic) bond motifs is 1. The molecule has 0 saturated carbocycles. The van der Waals surface area contributed by atoms with Gasteiger partial charge in [-0.3, -0.25) is 4.79 Å². The van der Waals surface area contributed by atoms with Gasteiger partial charge < -0.3 is 4.74 Å². The van der Waals surface area contributed by atoms with Crippen molar-refractivity contribution in [3.05, 3.63) is 74.5 Å². The third kappa shape index (κ3) is 4.85. The lowest BCUT2D eigenvalue weighted by Crippen LogP contribution is -2.23. The van der Waals surface area contributed by atoms with E-state index in [1.165, 1.54) is 34.3 Å². The van der Waals surface area contributed by atoms with Gasteiger partial charge >= 0.3 is 0 Å². The van der Waals surface area contributed by atoms with Gasteiger partial charge in [-0.15, -0.1) is 5.10 Å². The van der Waals surface area contributed by atoms with Gasteiger partial charge in [-0.2, -0.15) is 9.50 Å². The molecular weight excluding hydrogens is 406 g/mol. The summed E-state index contributed by atoms with van der Waals surface area (Å²) in [6.07, 6.45) is 5.31. The van der Waals surface area contributed by atoms with E-state index in [1.807, 2.05) is 42.5 Å². The van der Waals surface area contributed by atoms with Crippen LogP contribution in [0, 0.1) is 0 Å². The molecule has 0 aliphatic rings. The number of ether oxygens (including phenoxy) is 1. The second kappa shape index (κ2) is 9.43. The number of benzene rings is 2. The van der Waals surface area contributed by atoms with E-state index < -0.39 is 0 Å². The van der Waals surface area contributed by atoms with Crippen LogP contribution in [-0.4, -0.2) is 21.2 Å². The summed E-state index contributed by atoms with van der Waals surface area (Å²) in [6, 6.07) is 16.0. The van der Waals surface area contributed by atoms with E-state index in [4.69, 9.17) is 4.74 Å². The number of rotatable bonds is 8. The van der Waals surface area contributed by atoms with Gasteiger partial charge in [0.15, 0.2) is 5.82 Å². The summed E-state index contributed by atoms with van der Waals surface area (Å²) in [7, 11) is 0. The van der Waals surface area contributed by atoms with E-state index in [0.29, 0.717) is 21.2 Å². The lowest BCUT2D eigenvalue weighted by atomic mass is 10.0. The lowest BCUT2D eigenvalue weighted by molar-refractivity contribution is 0.306. The predicted molar refractivity (Wildman–Crippen MR) is 127 cm³/mol. The van der Waals surface area contributed by atoms with Crippen LogP contribution in [0.4, 0.5) is 0 Å². The Bertz CT molecular complexity index is 1260. The number of hydrogen-bond donors (Lipinski definition) is 0. The van der Waals surface area contributed by atoms with Crippen LogP contribution < -0.4 is 14.8 Å². The molecule has 2 heterocycles. The van der Waals surface area contributed by atoms with Crippen LogP contribution in [0.3, 0.4) is 0 Å². The summed E-state index contributed by atoms with van der Waals surface area (Å²) >= 11 is 1.36. The fourth-order valence-corrected chi connectivity index (χ4v) is 4.23. The van der Waals surface area contributed by atoms with Crippen molar-refractivity contribution in [2.75, 3.05) is 6.61 Å². The quantitative estimate of drug-likeness (QED) is 0.365. The van der Waals surface area contributed by atoms with Gasteiger partial charge in [0, 0.05) is 5.56 Å². The zero-order chi connectivity index (χ0) is 21.8. The molecular formula is C25H27N3O2S. The van der Waals surface area contributed by atoms with E-state index in [1.54, 1.807) is 0 Å². The first-order valence-electron chi connectivity index (χ1n) is 10.8. The summed E-state index contributed by atoms with van der Waals surface area (Å²) in [4.78, 5) is 18.0. The minimum Gasteiger partial charge on any atom is -0.494 e. The number of hydrogen-bond acceptors (Lipinski definition) is 5. The van der Waals surface area contributed by atoms with Crippen molar-refractivity contribution in [2.24, 2.45) is 0 Å². The highest BCUT2D eigenvalue weighted by Crippen LogP contribution is 2.21. The second-order valence-corrected chi connectivity index (χ2v) is 8.96. The molecule has 2 aromatic heterocycles. The zero-order valence-corrected chi connectivity index (χ0v) is 19.0. The molecule has 0 N–H and O–H groups in total. The van der Waals surface area contributed by atoms with Gasteiger partial charge in [0.2, 0.25) is 4.96 Å². The number of thiazole rings is 1. The average Bonchev–Trinajstić information content (AvgIpc) is 3.31. The Morgan fingerprint density at radius 1 is 1.06 bits per heavy atom. The first kappa shape index (κ1) is 21.2. The molecule has 0 spiro atoms. The normalized spacial score (nSPS) is 12.2. The van der Waals surface area contributed by atoms with Crippen LogP contribution in [0.15, 0.2) is 53.3 Å². The largest absolute Gasteiger partial charge is 0.494 e. The minimum atomic E-state index is -0.137. The minimum absolute atomic E-state index is 0.137. The standard InChI is InChI=1S/C25H27N3O2S/c1-4-5-6-15-30-21-13-11-20(12-14-21)23-26-25-28(27-23)24(29)22(31-25)16-18-7-9-19(10-8-18)17(2)3/h7-14,16-17H,4-6,15H2,1-3H3. The topological polar surface area (TPSA) is 56.5 Å². The Balaban J connectivity index is 1.54. The van der Waals surface area contributed by atoms with Gasteiger partial charge in [0.25, 0.3) is 5.56 Å². The molecule has 0 unspecified atom stereocenters. The van der Waals surface area contributed by atoms with Gasteiger partial charge in [0.1, 0.15) is 5.75 Å². The van der Waals surface area contributed by atoms with Crippen LogP contribution in [0.2, 0.25) is 0 Å². The maximum absolute atomic E-state index is 12.8. The van der Waals surface area contributed by atoms with Crippen molar-refractivity contribution in [1.82, 2.24) is 14.6 Å². The molecule has 0 atom stereocenters. The van der Waals surface area contributed by atoms with Gasteiger partial charge in [-0.1, -0.05) is 69.2 Å². The first-order chi connectivity index (χ1) is 15.0. The van der Waals surface area contributed by atoms with E-state index in [-0.39, 0.29) is 5.56 Å². The Hall–Kier alpha value is -2.99. The Morgan fingerprint density at radius 2 is 1.81 bits per heavy atom. The van der Waals surface area contributed by atoms with Crippen molar-refractivity contribution in [1.29, 1.82) is 0 Å². The molecule has 4 rings (SSSR count). The first-order valence-corrected chi connectivity index (χ1v) is 11.6. The molecule has 2 aromatic carbocycles. The summed E-state index contributed by atoms with van der Waals surface area (Å²) in [5, 5.41) is 4.44. The predicted octanol–water partition coefficient (Wildman–Crippen LogP) is 5.06. The van der Waals surface area contributed by atoms with Gasteiger partial charge in [-0.25, -0.2) is 0 Å². The summed E-state index contributed by atoms with van der Waals surface area (Å²) in [6.45, 7) is 7.24. The van der Waals surface area contributed by atoms with E-state index in [9.17, 15) is 4.79 Å². The highest BCUT2D eigenvalue weighted by atomic mass is 32.1. The van der Waals surface area contributed by atoms with E-state index in [2.05, 4.69) is 43.0 Å². The van der Waals surface area contributed by atoms with Crippen LogP contribution in [0.1, 0.15) is 57.1 Å². The molecule has 0 fully saturated rings. The Morgan fingerprint density at radius 3 is 2.45 bits per heavy atom. The van der Waals surface area contributed by atoms with E-state index >= 15 is 0 Å². The van der Waals surface area contributed by atoms with Crippen LogP contribution in [0.25, 0.3) is 22.4 Å². The van der Waals surface area contributed by atoms with E-state index in [0.717, 1.165) is 29.9 Å². The monoisotopic (exact) mass is 433 g/mol. The highest BCUT2D eigenvalue weighted by molar-refractivity contribution is 7.15.